The normalized spacial score (nSPS) is 20.7. The van der Waals surface area contributed by atoms with Crippen LogP contribution in [-0.4, -0.2) is 24.5 Å². The van der Waals surface area contributed by atoms with Crippen LogP contribution in [0, 0.1) is 11.7 Å². The highest BCUT2D eigenvalue weighted by Gasteiger charge is 2.31. The number of nitrogens with two attached hydrogens (primary N) is 1. The summed E-state index contributed by atoms with van der Waals surface area (Å²) in [5.41, 5.74) is 5.00. The van der Waals surface area contributed by atoms with Gasteiger partial charge in [0.25, 0.3) is 0 Å². The molecule has 2 nitrogen and oxygen atoms in total. The zero-order valence-electron chi connectivity index (χ0n) is 11.8. The molecule has 1 aromatic carbocycles. The molecule has 0 spiro atoms. The summed E-state index contributed by atoms with van der Waals surface area (Å²) in [6.07, 6.45) is -1.48. The monoisotopic (exact) mass is 304 g/mol. The van der Waals surface area contributed by atoms with Crippen LogP contribution in [0.5, 0.6) is 0 Å². The number of piperidine rings is 1. The maximum Gasteiger partial charge on any atom is 0.416 e. The van der Waals surface area contributed by atoms with E-state index in [1.807, 2.05) is 0 Å². The molecule has 6 heteroatoms. The van der Waals surface area contributed by atoms with E-state index in [-0.39, 0.29) is 0 Å². The summed E-state index contributed by atoms with van der Waals surface area (Å²) >= 11 is 0. The Labute approximate surface area is 121 Å². The van der Waals surface area contributed by atoms with Gasteiger partial charge in [-0.05, 0) is 62.0 Å². The predicted molar refractivity (Wildman–Crippen MR) is 73.1 cm³/mol. The fourth-order valence-electron chi connectivity index (χ4n) is 2.93. The van der Waals surface area contributed by atoms with E-state index < -0.39 is 17.6 Å². The molecule has 0 amide bonds. The number of halogens is 4. The van der Waals surface area contributed by atoms with E-state index in [0.717, 1.165) is 38.4 Å². The molecule has 1 saturated heterocycles. The highest BCUT2D eigenvalue weighted by atomic mass is 19.4. The largest absolute Gasteiger partial charge is 0.416 e. The summed E-state index contributed by atoms with van der Waals surface area (Å²) in [6.45, 7) is 2.62. The molecule has 1 atom stereocenters. The van der Waals surface area contributed by atoms with Gasteiger partial charge in [-0.1, -0.05) is 0 Å². The third kappa shape index (κ3) is 4.68. The molecule has 1 aliphatic heterocycles. The quantitative estimate of drug-likeness (QED) is 0.864. The Kier molecular flexibility index (Phi) is 5.22. The first-order chi connectivity index (χ1) is 9.88. The molecule has 21 heavy (non-hydrogen) atoms. The zero-order chi connectivity index (χ0) is 15.5. The molecule has 1 aromatic rings. The minimum Gasteiger partial charge on any atom is -0.330 e. The molecule has 1 fully saturated rings. The van der Waals surface area contributed by atoms with E-state index >= 15 is 0 Å². The number of alkyl halides is 3. The summed E-state index contributed by atoms with van der Waals surface area (Å²) < 4.78 is 51.5. The third-order valence-electron chi connectivity index (χ3n) is 3.87. The maximum absolute atomic E-state index is 13.4. The van der Waals surface area contributed by atoms with E-state index in [1.54, 1.807) is 0 Å². The first-order valence-electron chi connectivity index (χ1n) is 7.17. The van der Waals surface area contributed by atoms with Gasteiger partial charge in [0.15, 0.2) is 0 Å². The van der Waals surface area contributed by atoms with Gasteiger partial charge < -0.3 is 5.73 Å². The SMILES string of the molecule is NCCC1CCCN(Cc2cc(F)cc(C(F)(F)F)c2)C1. The van der Waals surface area contributed by atoms with Crippen molar-refractivity contribution in [2.45, 2.75) is 32.0 Å². The van der Waals surface area contributed by atoms with E-state index in [4.69, 9.17) is 5.73 Å². The first-order valence-corrected chi connectivity index (χ1v) is 7.17. The van der Waals surface area contributed by atoms with Gasteiger partial charge in [-0.25, -0.2) is 4.39 Å². The zero-order valence-corrected chi connectivity index (χ0v) is 11.8. The summed E-state index contributed by atoms with van der Waals surface area (Å²) in [7, 11) is 0. The standard InChI is InChI=1S/C15H20F4N2/c16-14-7-12(6-13(8-14)15(17,18)19)10-21-5-1-2-11(9-21)3-4-20/h6-8,11H,1-5,9-10,20H2. The lowest BCUT2D eigenvalue weighted by Crippen LogP contribution is -2.35. The molecule has 0 bridgehead atoms. The first kappa shape index (κ1) is 16.2. The van der Waals surface area contributed by atoms with Gasteiger partial charge in [0, 0.05) is 13.1 Å². The van der Waals surface area contributed by atoms with Crippen LogP contribution < -0.4 is 5.73 Å². The number of nitrogens with zero attached hydrogens (tertiary/aromatic N) is 1. The van der Waals surface area contributed by atoms with Gasteiger partial charge in [0.1, 0.15) is 5.82 Å². The molecule has 0 saturated carbocycles. The highest BCUT2D eigenvalue weighted by molar-refractivity contribution is 5.26. The fourth-order valence-corrected chi connectivity index (χ4v) is 2.93. The van der Waals surface area contributed by atoms with Gasteiger partial charge >= 0.3 is 6.18 Å². The number of rotatable bonds is 4. The van der Waals surface area contributed by atoms with Crippen LogP contribution in [0.1, 0.15) is 30.4 Å². The van der Waals surface area contributed by atoms with Crippen molar-refractivity contribution in [2.24, 2.45) is 11.7 Å². The van der Waals surface area contributed by atoms with Crippen LogP contribution in [0.4, 0.5) is 17.6 Å². The molecular formula is C15H20F4N2. The van der Waals surface area contributed by atoms with Crippen molar-refractivity contribution in [1.82, 2.24) is 4.90 Å². The minimum absolute atomic E-state index is 0.349. The molecule has 0 aromatic heterocycles. The maximum atomic E-state index is 13.4. The van der Waals surface area contributed by atoms with Gasteiger partial charge in [0.05, 0.1) is 5.56 Å². The van der Waals surface area contributed by atoms with E-state index in [2.05, 4.69) is 4.90 Å². The van der Waals surface area contributed by atoms with Gasteiger partial charge in [-0.2, -0.15) is 13.2 Å². The van der Waals surface area contributed by atoms with E-state index in [0.29, 0.717) is 30.6 Å². The Hall–Kier alpha value is -1.14. The average molecular weight is 304 g/mol. The Morgan fingerprint density at radius 1 is 1.24 bits per heavy atom. The van der Waals surface area contributed by atoms with Crippen molar-refractivity contribution in [1.29, 1.82) is 0 Å². The van der Waals surface area contributed by atoms with E-state index in [1.165, 1.54) is 6.07 Å². The van der Waals surface area contributed by atoms with Crippen LogP contribution in [0.3, 0.4) is 0 Å². The smallest absolute Gasteiger partial charge is 0.330 e. The topological polar surface area (TPSA) is 29.3 Å². The van der Waals surface area contributed by atoms with Gasteiger partial charge in [0.2, 0.25) is 0 Å². The summed E-state index contributed by atoms with van der Waals surface area (Å²) in [6, 6.07) is 2.76. The summed E-state index contributed by atoms with van der Waals surface area (Å²) in [5, 5.41) is 0. The van der Waals surface area contributed by atoms with E-state index in [9.17, 15) is 17.6 Å². The van der Waals surface area contributed by atoms with Gasteiger partial charge in [-0.15, -0.1) is 0 Å². The second-order valence-corrected chi connectivity index (χ2v) is 5.67. The fraction of sp³-hybridized carbons (Fsp3) is 0.600. The van der Waals surface area contributed by atoms with Crippen molar-refractivity contribution in [3.05, 3.63) is 35.1 Å². The molecule has 2 N–H and O–H groups in total. The Morgan fingerprint density at radius 3 is 2.67 bits per heavy atom. The average Bonchev–Trinajstić information content (AvgIpc) is 2.38. The van der Waals surface area contributed by atoms with Crippen molar-refractivity contribution < 1.29 is 17.6 Å². The molecule has 0 radical (unpaired) electrons. The van der Waals surface area contributed by atoms with Crippen LogP contribution >= 0.6 is 0 Å². The number of likely N-dealkylation sites (tertiary alicyclic amines) is 1. The summed E-state index contributed by atoms with van der Waals surface area (Å²) in [5.74, 6) is -0.352. The van der Waals surface area contributed by atoms with Gasteiger partial charge in [-0.3, -0.25) is 4.90 Å². The van der Waals surface area contributed by atoms with Crippen molar-refractivity contribution in [3.8, 4) is 0 Å². The molecule has 2 rings (SSSR count). The lowest BCUT2D eigenvalue weighted by molar-refractivity contribution is -0.137. The molecule has 1 heterocycles. The Morgan fingerprint density at radius 2 is 2.00 bits per heavy atom. The van der Waals surface area contributed by atoms with Crippen LogP contribution in [0.15, 0.2) is 18.2 Å². The number of hydrogen-bond acceptors (Lipinski definition) is 2. The second-order valence-electron chi connectivity index (χ2n) is 5.67. The highest BCUT2D eigenvalue weighted by Crippen LogP contribution is 2.31. The Bertz CT molecular complexity index is 471. The lowest BCUT2D eigenvalue weighted by Gasteiger charge is -2.32. The predicted octanol–water partition coefficient (Wildman–Crippen LogP) is 3.41. The number of hydrogen-bond donors (Lipinski definition) is 1. The summed E-state index contributed by atoms with van der Waals surface area (Å²) in [4.78, 5) is 2.08. The van der Waals surface area contributed by atoms with Crippen LogP contribution in [-0.2, 0) is 12.7 Å². The number of benzene rings is 1. The van der Waals surface area contributed by atoms with Crippen molar-refractivity contribution >= 4 is 0 Å². The second kappa shape index (κ2) is 6.75. The van der Waals surface area contributed by atoms with Crippen molar-refractivity contribution in [3.63, 3.8) is 0 Å². The lowest BCUT2D eigenvalue weighted by atomic mass is 9.94. The molecular weight excluding hydrogens is 284 g/mol. The third-order valence-corrected chi connectivity index (χ3v) is 3.87. The van der Waals surface area contributed by atoms with Crippen LogP contribution in [0.2, 0.25) is 0 Å². The van der Waals surface area contributed by atoms with Crippen LogP contribution in [0.25, 0.3) is 0 Å². The Balaban J connectivity index is 2.07. The molecule has 118 valence electrons. The molecule has 0 aliphatic carbocycles. The van der Waals surface area contributed by atoms with Crippen molar-refractivity contribution in [2.75, 3.05) is 19.6 Å². The molecule has 1 aliphatic rings. The minimum atomic E-state index is -4.51. The molecule has 1 unspecified atom stereocenters.